The Hall–Kier alpha value is -1.02. The van der Waals surface area contributed by atoms with Crippen LogP contribution < -0.4 is 0 Å². The van der Waals surface area contributed by atoms with Gasteiger partial charge in [-0.2, -0.15) is 0 Å². The highest BCUT2D eigenvalue weighted by atomic mass is 35.5. The summed E-state index contributed by atoms with van der Waals surface area (Å²) in [6, 6.07) is 6.16. The average Bonchev–Trinajstić information content (AvgIpc) is 3.11. The minimum atomic E-state index is -0.718. The van der Waals surface area contributed by atoms with Crippen LogP contribution in [-0.4, -0.2) is 11.1 Å². The average molecular weight is 251 g/mol. The first-order valence-electron chi connectivity index (χ1n) is 6.12. The van der Waals surface area contributed by atoms with Crippen LogP contribution in [0.4, 0.5) is 0 Å². The molecule has 0 spiro atoms. The molecule has 3 rings (SSSR count). The van der Waals surface area contributed by atoms with Crippen molar-refractivity contribution in [3.63, 3.8) is 0 Å². The maximum absolute atomic E-state index is 10.9. The molecule has 0 saturated heterocycles. The summed E-state index contributed by atoms with van der Waals surface area (Å²) in [4.78, 5) is 10.9. The van der Waals surface area contributed by atoms with Gasteiger partial charge in [0.15, 0.2) is 0 Å². The van der Waals surface area contributed by atoms with E-state index < -0.39 is 5.97 Å². The number of halogens is 1. The van der Waals surface area contributed by atoms with E-state index in [4.69, 9.17) is 16.7 Å². The second kappa shape index (κ2) is 3.74. The number of rotatable bonds is 4. The SMILES string of the molecule is O=C(O)CC1(c2ccc(C3CC3)c(Cl)c2)CC1. The molecule has 0 heterocycles. The van der Waals surface area contributed by atoms with Crippen molar-refractivity contribution in [1.82, 2.24) is 0 Å². The molecular formula is C14H15ClO2. The Kier molecular flexibility index (Phi) is 2.44. The molecule has 0 bridgehead atoms. The molecule has 1 aromatic rings. The third-order valence-corrected chi connectivity index (χ3v) is 4.30. The van der Waals surface area contributed by atoms with Crippen molar-refractivity contribution < 1.29 is 9.90 Å². The molecule has 90 valence electrons. The van der Waals surface area contributed by atoms with Gasteiger partial charge in [0, 0.05) is 10.4 Å². The van der Waals surface area contributed by atoms with Crippen molar-refractivity contribution >= 4 is 17.6 Å². The zero-order valence-corrected chi connectivity index (χ0v) is 10.3. The van der Waals surface area contributed by atoms with Crippen LogP contribution in [-0.2, 0) is 10.2 Å². The minimum Gasteiger partial charge on any atom is -0.481 e. The summed E-state index contributed by atoms with van der Waals surface area (Å²) in [5.41, 5.74) is 2.22. The highest BCUT2D eigenvalue weighted by molar-refractivity contribution is 6.31. The Morgan fingerprint density at radius 3 is 2.59 bits per heavy atom. The quantitative estimate of drug-likeness (QED) is 0.884. The zero-order valence-electron chi connectivity index (χ0n) is 9.58. The van der Waals surface area contributed by atoms with Crippen LogP contribution in [0.1, 0.15) is 49.1 Å². The van der Waals surface area contributed by atoms with Crippen molar-refractivity contribution in [2.45, 2.75) is 43.4 Å². The van der Waals surface area contributed by atoms with E-state index in [2.05, 4.69) is 12.1 Å². The molecule has 17 heavy (non-hydrogen) atoms. The predicted molar refractivity (Wildman–Crippen MR) is 66.6 cm³/mol. The number of hydrogen-bond acceptors (Lipinski definition) is 1. The molecule has 3 heteroatoms. The summed E-state index contributed by atoms with van der Waals surface area (Å²) in [5, 5.41) is 9.76. The normalized spacial score (nSPS) is 21.2. The maximum Gasteiger partial charge on any atom is 0.304 e. The number of carbonyl (C=O) groups is 1. The van der Waals surface area contributed by atoms with E-state index >= 15 is 0 Å². The lowest BCUT2D eigenvalue weighted by atomic mass is 9.91. The molecule has 2 aliphatic carbocycles. The Balaban J connectivity index is 1.88. The predicted octanol–water partition coefficient (Wildman–Crippen LogP) is 3.72. The maximum atomic E-state index is 10.9. The van der Waals surface area contributed by atoms with Crippen molar-refractivity contribution in [1.29, 1.82) is 0 Å². The Labute approximate surface area is 106 Å². The van der Waals surface area contributed by atoms with Crippen molar-refractivity contribution in [3.8, 4) is 0 Å². The molecule has 0 amide bonds. The van der Waals surface area contributed by atoms with Gasteiger partial charge in [-0.15, -0.1) is 0 Å². The fraction of sp³-hybridized carbons (Fsp3) is 0.500. The van der Waals surface area contributed by atoms with Crippen molar-refractivity contribution in [2.75, 3.05) is 0 Å². The summed E-state index contributed by atoms with van der Waals surface area (Å²) in [6.45, 7) is 0. The molecule has 0 aliphatic heterocycles. The van der Waals surface area contributed by atoms with Crippen LogP contribution in [0.3, 0.4) is 0 Å². The first kappa shape index (κ1) is 11.1. The molecule has 2 nitrogen and oxygen atoms in total. The van der Waals surface area contributed by atoms with E-state index in [9.17, 15) is 4.79 Å². The Bertz CT molecular complexity index is 473. The summed E-state index contributed by atoms with van der Waals surface area (Å²) in [5.74, 6) is -0.0731. The molecule has 0 unspecified atom stereocenters. The number of hydrogen-bond donors (Lipinski definition) is 1. The molecule has 0 atom stereocenters. The standard InChI is InChI=1S/C14H15ClO2/c15-12-7-10(3-4-11(12)9-1-2-9)14(5-6-14)8-13(16)17/h3-4,7,9H,1-2,5-6,8H2,(H,16,17). The fourth-order valence-corrected chi connectivity index (χ4v) is 2.93. The van der Waals surface area contributed by atoms with E-state index in [-0.39, 0.29) is 11.8 Å². The van der Waals surface area contributed by atoms with Gasteiger partial charge in [0.2, 0.25) is 0 Å². The minimum absolute atomic E-state index is 0.127. The van der Waals surface area contributed by atoms with Gasteiger partial charge in [-0.25, -0.2) is 0 Å². The van der Waals surface area contributed by atoms with E-state index in [1.54, 1.807) is 0 Å². The first-order chi connectivity index (χ1) is 8.11. The van der Waals surface area contributed by atoms with Crippen LogP contribution in [0.2, 0.25) is 5.02 Å². The number of carboxylic acid groups (broad SMARTS) is 1. The lowest BCUT2D eigenvalue weighted by Gasteiger charge is -2.14. The number of carboxylic acids is 1. The van der Waals surface area contributed by atoms with E-state index in [1.807, 2.05) is 6.07 Å². The molecule has 1 N–H and O–H groups in total. The Morgan fingerprint density at radius 2 is 2.12 bits per heavy atom. The smallest absolute Gasteiger partial charge is 0.304 e. The highest BCUT2D eigenvalue weighted by Crippen LogP contribution is 2.52. The molecule has 2 fully saturated rings. The topological polar surface area (TPSA) is 37.3 Å². The van der Waals surface area contributed by atoms with Gasteiger partial charge in [-0.1, -0.05) is 23.7 Å². The van der Waals surface area contributed by atoms with Crippen LogP contribution in [0, 0.1) is 0 Å². The van der Waals surface area contributed by atoms with E-state index in [0.29, 0.717) is 5.92 Å². The second-order valence-electron chi connectivity index (χ2n) is 5.36. The summed E-state index contributed by atoms with van der Waals surface area (Å²) in [6.07, 6.45) is 4.64. The third kappa shape index (κ3) is 2.06. The molecule has 2 aliphatic rings. The summed E-state index contributed by atoms with van der Waals surface area (Å²) >= 11 is 6.29. The van der Waals surface area contributed by atoms with Gasteiger partial charge < -0.3 is 5.11 Å². The second-order valence-corrected chi connectivity index (χ2v) is 5.77. The van der Waals surface area contributed by atoms with Crippen LogP contribution >= 0.6 is 11.6 Å². The van der Waals surface area contributed by atoms with E-state index in [0.717, 1.165) is 23.4 Å². The van der Waals surface area contributed by atoms with E-state index in [1.165, 1.54) is 18.4 Å². The van der Waals surface area contributed by atoms with Crippen molar-refractivity contribution in [3.05, 3.63) is 34.3 Å². The van der Waals surface area contributed by atoms with Crippen LogP contribution in [0.15, 0.2) is 18.2 Å². The fourth-order valence-electron chi connectivity index (χ4n) is 2.59. The first-order valence-corrected chi connectivity index (χ1v) is 6.50. The van der Waals surface area contributed by atoms with Crippen LogP contribution in [0.5, 0.6) is 0 Å². The monoisotopic (exact) mass is 250 g/mol. The lowest BCUT2D eigenvalue weighted by molar-refractivity contribution is -0.137. The zero-order chi connectivity index (χ0) is 12.0. The largest absolute Gasteiger partial charge is 0.481 e. The number of aliphatic carboxylic acids is 1. The molecule has 2 saturated carbocycles. The summed E-state index contributed by atoms with van der Waals surface area (Å²) in [7, 11) is 0. The van der Waals surface area contributed by atoms with Gasteiger partial charge in [0.05, 0.1) is 6.42 Å². The third-order valence-electron chi connectivity index (χ3n) is 3.97. The molecular weight excluding hydrogens is 236 g/mol. The van der Waals surface area contributed by atoms with Crippen molar-refractivity contribution in [2.24, 2.45) is 0 Å². The van der Waals surface area contributed by atoms with Gasteiger partial charge in [0.1, 0.15) is 0 Å². The van der Waals surface area contributed by atoms with Gasteiger partial charge in [-0.3, -0.25) is 4.79 Å². The molecule has 0 radical (unpaired) electrons. The lowest BCUT2D eigenvalue weighted by Crippen LogP contribution is -2.13. The summed E-state index contributed by atoms with van der Waals surface area (Å²) < 4.78 is 0. The Morgan fingerprint density at radius 1 is 1.41 bits per heavy atom. The van der Waals surface area contributed by atoms with Gasteiger partial charge in [-0.05, 0) is 48.8 Å². The van der Waals surface area contributed by atoms with Gasteiger partial charge in [0.25, 0.3) is 0 Å². The van der Waals surface area contributed by atoms with Crippen LogP contribution in [0.25, 0.3) is 0 Å². The molecule has 1 aromatic carbocycles. The number of benzene rings is 1. The highest BCUT2D eigenvalue weighted by Gasteiger charge is 2.46. The van der Waals surface area contributed by atoms with Gasteiger partial charge >= 0.3 is 5.97 Å². The molecule has 0 aromatic heterocycles.